The summed E-state index contributed by atoms with van der Waals surface area (Å²) in [4.78, 5) is 31.9. The molecule has 1 aliphatic heterocycles. The Morgan fingerprint density at radius 1 is 1.03 bits per heavy atom. The van der Waals surface area contributed by atoms with Crippen molar-refractivity contribution < 1.29 is 14.0 Å². The molecule has 1 fully saturated rings. The van der Waals surface area contributed by atoms with Crippen LogP contribution in [0.2, 0.25) is 0 Å². The molecule has 2 heterocycles. The first-order chi connectivity index (χ1) is 14.5. The Bertz CT molecular complexity index is 1040. The number of hydrogen-bond acceptors (Lipinski definition) is 3. The van der Waals surface area contributed by atoms with Crippen molar-refractivity contribution in [1.29, 1.82) is 0 Å². The fourth-order valence-electron chi connectivity index (χ4n) is 3.54. The van der Waals surface area contributed by atoms with Crippen molar-refractivity contribution in [2.45, 2.75) is 13.0 Å². The van der Waals surface area contributed by atoms with Crippen molar-refractivity contribution in [3.05, 3.63) is 60.5 Å². The Balaban J connectivity index is 1.27. The maximum atomic E-state index is 13.1. The van der Waals surface area contributed by atoms with Gasteiger partial charge in [-0.1, -0.05) is 0 Å². The van der Waals surface area contributed by atoms with E-state index in [-0.39, 0.29) is 17.8 Å². The molecule has 0 bridgehead atoms. The van der Waals surface area contributed by atoms with Crippen molar-refractivity contribution in [2.24, 2.45) is 0 Å². The lowest BCUT2D eigenvalue weighted by atomic mass is 10.2. The SMILES string of the molecule is C[C@H](NC(=O)N1CCN(c2ccc(F)cc2)CC1)C(=O)Nc1ccc2[nH]ccc2c1. The van der Waals surface area contributed by atoms with Crippen LogP contribution < -0.4 is 15.5 Å². The second-order valence-corrected chi connectivity index (χ2v) is 7.39. The van der Waals surface area contributed by atoms with Crippen LogP contribution >= 0.6 is 0 Å². The van der Waals surface area contributed by atoms with Crippen molar-refractivity contribution >= 4 is 34.2 Å². The zero-order chi connectivity index (χ0) is 21.1. The maximum Gasteiger partial charge on any atom is 0.318 e. The highest BCUT2D eigenvalue weighted by molar-refractivity contribution is 5.98. The van der Waals surface area contributed by atoms with Gasteiger partial charge in [0.25, 0.3) is 0 Å². The van der Waals surface area contributed by atoms with E-state index in [1.807, 2.05) is 30.5 Å². The van der Waals surface area contributed by atoms with E-state index >= 15 is 0 Å². The molecule has 2 aromatic carbocycles. The summed E-state index contributed by atoms with van der Waals surface area (Å²) in [6.45, 7) is 4.02. The minimum atomic E-state index is -0.672. The van der Waals surface area contributed by atoms with Crippen LogP contribution in [-0.2, 0) is 4.79 Å². The van der Waals surface area contributed by atoms with Crippen LogP contribution in [0.5, 0.6) is 0 Å². The summed E-state index contributed by atoms with van der Waals surface area (Å²) < 4.78 is 13.1. The molecule has 30 heavy (non-hydrogen) atoms. The molecular formula is C22H24FN5O2. The summed E-state index contributed by atoms with van der Waals surface area (Å²) in [6.07, 6.45) is 1.84. The van der Waals surface area contributed by atoms with Crippen molar-refractivity contribution in [2.75, 3.05) is 36.4 Å². The van der Waals surface area contributed by atoms with E-state index in [1.54, 1.807) is 24.0 Å². The zero-order valence-corrected chi connectivity index (χ0v) is 16.7. The van der Waals surface area contributed by atoms with Crippen LogP contribution in [0, 0.1) is 5.82 Å². The van der Waals surface area contributed by atoms with Crippen LogP contribution in [0.15, 0.2) is 54.7 Å². The Hall–Kier alpha value is -3.55. The van der Waals surface area contributed by atoms with Gasteiger partial charge in [0.2, 0.25) is 5.91 Å². The number of fused-ring (bicyclic) bond motifs is 1. The molecule has 156 valence electrons. The number of aromatic nitrogens is 1. The Morgan fingerprint density at radius 2 is 1.77 bits per heavy atom. The van der Waals surface area contributed by atoms with E-state index in [2.05, 4.69) is 20.5 Å². The fourth-order valence-corrected chi connectivity index (χ4v) is 3.54. The van der Waals surface area contributed by atoms with Gasteiger partial charge in [-0.15, -0.1) is 0 Å². The van der Waals surface area contributed by atoms with Gasteiger partial charge in [0, 0.05) is 54.7 Å². The van der Waals surface area contributed by atoms with Crippen molar-refractivity contribution in [3.63, 3.8) is 0 Å². The molecule has 1 saturated heterocycles. The molecule has 3 N–H and O–H groups in total. The molecule has 0 aliphatic carbocycles. The van der Waals surface area contributed by atoms with Gasteiger partial charge in [0.15, 0.2) is 0 Å². The predicted octanol–water partition coefficient (Wildman–Crippen LogP) is 3.17. The molecule has 3 amide bonds. The summed E-state index contributed by atoms with van der Waals surface area (Å²) in [5.74, 6) is -0.541. The number of hydrogen-bond donors (Lipinski definition) is 3. The van der Waals surface area contributed by atoms with Crippen molar-refractivity contribution in [1.82, 2.24) is 15.2 Å². The summed E-state index contributed by atoms with van der Waals surface area (Å²) >= 11 is 0. The standard InChI is InChI=1S/C22H24FN5O2/c1-15(21(29)26-18-4-7-20-16(14-18)8-9-24-20)25-22(30)28-12-10-27(11-13-28)19-5-2-17(23)3-6-19/h2-9,14-15,24H,10-13H2,1H3,(H,25,30)(H,26,29)/t15-/m0/s1. The second-order valence-electron chi connectivity index (χ2n) is 7.39. The van der Waals surface area contributed by atoms with Gasteiger partial charge >= 0.3 is 6.03 Å². The maximum absolute atomic E-state index is 13.1. The number of piperazine rings is 1. The number of anilines is 2. The van der Waals surface area contributed by atoms with Gasteiger partial charge in [0.1, 0.15) is 11.9 Å². The first kappa shape index (κ1) is 19.8. The molecule has 3 aromatic rings. The third-order valence-corrected chi connectivity index (χ3v) is 5.31. The normalized spacial score (nSPS) is 15.1. The Kier molecular flexibility index (Phi) is 5.56. The van der Waals surface area contributed by atoms with Gasteiger partial charge in [-0.25, -0.2) is 9.18 Å². The molecule has 0 radical (unpaired) electrons. The van der Waals surface area contributed by atoms with E-state index in [0.29, 0.717) is 31.9 Å². The lowest BCUT2D eigenvalue weighted by molar-refractivity contribution is -0.117. The number of amides is 3. The first-order valence-corrected chi connectivity index (χ1v) is 9.93. The highest BCUT2D eigenvalue weighted by atomic mass is 19.1. The number of H-pyrrole nitrogens is 1. The minimum absolute atomic E-state index is 0.266. The molecule has 1 atom stereocenters. The smallest absolute Gasteiger partial charge is 0.318 e. The lowest BCUT2D eigenvalue weighted by Crippen LogP contribution is -2.54. The summed E-state index contributed by atoms with van der Waals surface area (Å²) in [7, 11) is 0. The third kappa shape index (κ3) is 4.37. The van der Waals surface area contributed by atoms with Gasteiger partial charge in [-0.05, 0) is 55.5 Å². The quantitative estimate of drug-likeness (QED) is 0.619. The highest BCUT2D eigenvalue weighted by Gasteiger charge is 2.24. The van der Waals surface area contributed by atoms with E-state index in [4.69, 9.17) is 0 Å². The fraction of sp³-hybridized carbons (Fsp3) is 0.273. The molecule has 1 aromatic heterocycles. The van der Waals surface area contributed by atoms with Crippen LogP contribution in [0.25, 0.3) is 10.9 Å². The average Bonchev–Trinajstić information content (AvgIpc) is 3.22. The van der Waals surface area contributed by atoms with Crippen molar-refractivity contribution in [3.8, 4) is 0 Å². The summed E-state index contributed by atoms with van der Waals surface area (Å²) in [5, 5.41) is 6.61. The lowest BCUT2D eigenvalue weighted by Gasteiger charge is -2.36. The minimum Gasteiger partial charge on any atom is -0.368 e. The number of nitrogens with zero attached hydrogens (tertiary/aromatic N) is 2. The second kappa shape index (κ2) is 8.44. The van der Waals surface area contributed by atoms with E-state index in [9.17, 15) is 14.0 Å². The first-order valence-electron chi connectivity index (χ1n) is 9.93. The van der Waals surface area contributed by atoms with Gasteiger partial charge in [0.05, 0.1) is 0 Å². The third-order valence-electron chi connectivity index (χ3n) is 5.31. The number of carbonyl (C=O) groups is 2. The molecule has 8 heteroatoms. The van der Waals surface area contributed by atoms with Gasteiger partial charge < -0.3 is 25.4 Å². The zero-order valence-electron chi connectivity index (χ0n) is 16.7. The van der Waals surface area contributed by atoms with Gasteiger partial charge in [-0.2, -0.15) is 0 Å². The van der Waals surface area contributed by atoms with E-state index < -0.39 is 6.04 Å². The number of nitrogens with one attached hydrogen (secondary N) is 3. The van der Waals surface area contributed by atoms with Crippen LogP contribution in [0.4, 0.5) is 20.6 Å². The highest BCUT2D eigenvalue weighted by Crippen LogP contribution is 2.18. The number of carbonyl (C=O) groups excluding carboxylic acids is 2. The molecule has 1 aliphatic rings. The average molecular weight is 409 g/mol. The topological polar surface area (TPSA) is 80.5 Å². The molecular weight excluding hydrogens is 385 g/mol. The molecule has 7 nitrogen and oxygen atoms in total. The Morgan fingerprint density at radius 3 is 2.50 bits per heavy atom. The molecule has 0 saturated carbocycles. The molecule has 0 unspecified atom stereocenters. The largest absolute Gasteiger partial charge is 0.368 e. The van der Waals surface area contributed by atoms with Crippen LogP contribution in [0.1, 0.15) is 6.92 Å². The number of benzene rings is 2. The monoisotopic (exact) mass is 409 g/mol. The number of aromatic amines is 1. The summed E-state index contributed by atoms with van der Waals surface area (Å²) in [6, 6.07) is 12.9. The predicted molar refractivity (Wildman–Crippen MR) is 115 cm³/mol. The number of urea groups is 1. The molecule has 0 spiro atoms. The Labute approximate surface area is 173 Å². The van der Waals surface area contributed by atoms with E-state index in [1.165, 1.54) is 12.1 Å². The number of halogens is 1. The van der Waals surface area contributed by atoms with E-state index in [0.717, 1.165) is 16.6 Å². The van der Waals surface area contributed by atoms with Gasteiger partial charge in [-0.3, -0.25) is 4.79 Å². The van der Waals surface area contributed by atoms with Crippen LogP contribution in [0.3, 0.4) is 0 Å². The van der Waals surface area contributed by atoms with Crippen LogP contribution in [-0.4, -0.2) is 54.0 Å². The number of rotatable bonds is 4. The summed E-state index contributed by atoms with van der Waals surface area (Å²) in [5.41, 5.74) is 2.61. The molecule has 4 rings (SSSR count).